The van der Waals surface area contributed by atoms with E-state index in [-0.39, 0.29) is 48.7 Å². The van der Waals surface area contributed by atoms with Crippen LogP contribution in [-0.2, 0) is 11.0 Å². The molecule has 2 aliphatic rings. The number of likely N-dealkylation sites (tertiary alicyclic amines) is 1. The first-order valence-electron chi connectivity index (χ1n) is 9.76. The molecule has 0 spiro atoms. The number of alkyl halides is 6. The normalized spacial score (nSPS) is 25.4. The molecule has 5 nitrogen and oxygen atoms in total. The van der Waals surface area contributed by atoms with Crippen molar-refractivity contribution in [2.45, 2.75) is 56.9 Å². The molecule has 11 heteroatoms. The van der Waals surface area contributed by atoms with Crippen LogP contribution in [0.1, 0.15) is 44.1 Å². The van der Waals surface area contributed by atoms with E-state index in [9.17, 15) is 36.3 Å². The molecule has 1 saturated heterocycles. The molecule has 0 unspecified atom stereocenters. The van der Waals surface area contributed by atoms with Crippen LogP contribution in [0.3, 0.4) is 0 Å². The van der Waals surface area contributed by atoms with Gasteiger partial charge in [0.15, 0.2) is 11.9 Å². The summed E-state index contributed by atoms with van der Waals surface area (Å²) in [6.45, 7) is 0.334. The van der Waals surface area contributed by atoms with Gasteiger partial charge in [-0.1, -0.05) is 0 Å². The second-order valence-corrected chi connectivity index (χ2v) is 7.85. The van der Waals surface area contributed by atoms with Crippen molar-refractivity contribution in [3.05, 3.63) is 29.2 Å². The Hall–Kier alpha value is -2.20. The molecule has 0 radical (unpaired) electrons. The number of aromatic nitrogens is 1. The Labute approximate surface area is 169 Å². The molecular formula is C19H22F6N2O3. The monoisotopic (exact) mass is 440 g/mol. The Morgan fingerprint density at radius 1 is 1.10 bits per heavy atom. The molecule has 3 rings (SSSR count). The van der Waals surface area contributed by atoms with Gasteiger partial charge in [-0.25, -0.2) is 0 Å². The van der Waals surface area contributed by atoms with E-state index in [0.29, 0.717) is 31.6 Å². The number of halogens is 6. The lowest BCUT2D eigenvalue weighted by Crippen LogP contribution is -2.44. The molecule has 30 heavy (non-hydrogen) atoms. The smallest absolute Gasteiger partial charge is 0.422 e. The Balaban J connectivity index is 1.59. The molecule has 0 aromatic carbocycles. The number of hydrogen-bond acceptors (Lipinski definition) is 3. The van der Waals surface area contributed by atoms with Gasteiger partial charge in [0.1, 0.15) is 12.2 Å². The number of carbonyl (C=O) groups is 1. The summed E-state index contributed by atoms with van der Waals surface area (Å²) in [4.78, 5) is 14.4. The van der Waals surface area contributed by atoms with Crippen LogP contribution in [0.25, 0.3) is 0 Å². The maximum atomic E-state index is 12.8. The number of hydrogen-bond donors (Lipinski definition) is 0. The van der Waals surface area contributed by atoms with Gasteiger partial charge in [-0.3, -0.25) is 4.79 Å². The first kappa shape index (κ1) is 22.5. The standard InChI is InChI=1S/C19H22F6N2O3/c20-18(21,22)13-5-3-12(4-6-13)17(28)27-7-1-2-15(27)11-30-16-8-14(19(23,24)25)9-26(29)10-16/h8-10,12-13,15H,1-7,11H2/t12?,13?,15-/m1/s1. The van der Waals surface area contributed by atoms with E-state index >= 15 is 0 Å². The first-order chi connectivity index (χ1) is 13.9. The number of rotatable bonds is 4. The summed E-state index contributed by atoms with van der Waals surface area (Å²) in [6.07, 6.45) is -6.28. The van der Waals surface area contributed by atoms with E-state index < -0.39 is 35.8 Å². The van der Waals surface area contributed by atoms with Crippen molar-refractivity contribution in [2.24, 2.45) is 11.8 Å². The topological polar surface area (TPSA) is 56.5 Å². The molecule has 2 heterocycles. The SMILES string of the molecule is O=C(C1CCC(C(F)(F)F)CC1)N1CCC[C@@H]1COc1cc(C(F)(F)F)c[n+]([O-])c1. The van der Waals surface area contributed by atoms with Crippen molar-refractivity contribution in [3.8, 4) is 5.75 Å². The second kappa shape index (κ2) is 8.50. The Kier molecular flexibility index (Phi) is 6.37. The number of nitrogens with zero attached hydrogens (tertiary/aromatic N) is 2. The lowest BCUT2D eigenvalue weighted by atomic mass is 9.81. The molecule has 1 aliphatic heterocycles. The van der Waals surface area contributed by atoms with Gasteiger partial charge in [0.2, 0.25) is 12.1 Å². The first-order valence-corrected chi connectivity index (χ1v) is 9.76. The van der Waals surface area contributed by atoms with E-state index in [1.54, 1.807) is 4.90 Å². The fraction of sp³-hybridized carbons (Fsp3) is 0.684. The van der Waals surface area contributed by atoms with Crippen molar-refractivity contribution in [1.82, 2.24) is 4.90 Å². The zero-order chi connectivity index (χ0) is 22.1. The highest BCUT2D eigenvalue weighted by Gasteiger charge is 2.44. The molecule has 1 aliphatic carbocycles. The van der Waals surface area contributed by atoms with E-state index in [1.165, 1.54) is 0 Å². The Bertz CT molecular complexity index is 760. The largest absolute Gasteiger partial charge is 0.619 e. The van der Waals surface area contributed by atoms with Crippen LogP contribution >= 0.6 is 0 Å². The Morgan fingerprint density at radius 3 is 2.37 bits per heavy atom. The van der Waals surface area contributed by atoms with E-state index in [2.05, 4.69) is 0 Å². The quantitative estimate of drug-likeness (QED) is 0.403. The summed E-state index contributed by atoms with van der Waals surface area (Å²) < 4.78 is 82.3. The number of carbonyl (C=O) groups excluding carboxylic acids is 1. The van der Waals surface area contributed by atoms with Crippen molar-refractivity contribution >= 4 is 5.91 Å². The fourth-order valence-corrected chi connectivity index (χ4v) is 4.16. The summed E-state index contributed by atoms with van der Waals surface area (Å²) in [5, 5.41) is 11.4. The van der Waals surface area contributed by atoms with Gasteiger partial charge < -0.3 is 14.8 Å². The lowest BCUT2D eigenvalue weighted by molar-refractivity contribution is -0.607. The summed E-state index contributed by atoms with van der Waals surface area (Å²) in [6, 6.07) is 0.320. The van der Waals surface area contributed by atoms with Crippen LogP contribution in [0.15, 0.2) is 18.5 Å². The van der Waals surface area contributed by atoms with Crippen molar-refractivity contribution in [1.29, 1.82) is 0 Å². The minimum absolute atomic E-state index is 0.00875. The zero-order valence-corrected chi connectivity index (χ0v) is 16.0. The van der Waals surface area contributed by atoms with Gasteiger partial charge in [0.25, 0.3) is 0 Å². The average molecular weight is 440 g/mol. The second-order valence-electron chi connectivity index (χ2n) is 7.85. The minimum Gasteiger partial charge on any atom is -0.619 e. The van der Waals surface area contributed by atoms with Crippen molar-refractivity contribution in [3.63, 3.8) is 0 Å². The molecular weight excluding hydrogens is 418 g/mol. The van der Waals surface area contributed by atoms with Crippen LogP contribution < -0.4 is 9.47 Å². The van der Waals surface area contributed by atoms with Crippen LogP contribution in [-0.4, -0.2) is 36.2 Å². The van der Waals surface area contributed by atoms with E-state index in [1.807, 2.05) is 0 Å². The van der Waals surface area contributed by atoms with Crippen molar-refractivity contribution in [2.75, 3.05) is 13.2 Å². The van der Waals surface area contributed by atoms with Gasteiger partial charge in [0.05, 0.1) is 12.0 Å². The maximum absolute atomic E-state index is 12.8. The highest BCUT2D eigenvalue weighted by molar-refractivity contribution is 5.79. The van der Waals surface area contributed by atoms with Crippen LogP contribution in [0.4, 0.5) is 26.3 Å². The van der Waals surface area contributed by atoms with E-state index in [0.717, 1.165) is 6.20 Å². The molecule has 1 atom stereocenters. The Morgan fingerprint density at radius 2 is 1.77 bits per heavy atom. The average Bonchev–Trinajstić information content (AvgIpc) is 3.12. The lowest BCUT2D eigenvalue weighted by Gasteiger charge is -2.33. The van der Waals surface area contributed by atoms with Crippen molar-refractivity contribution < 1.29 is 40.6 Å². The van der Waals surface area contributed by atoms with Gasteiger partial charge >= 0.3 is 12.4 Å². The molecule has 0 bridgehead atoms. The number of pyridine rings is 1. The highest BCUT2D eigenvalue weighted by atomic mass is 19.4. The number of ether oxygens (including phenoxy) is 1. The molecule has 1 aromatic rings. The summed E-state index contributed by atoms with van der Waals surface area (Å²) in [5.74, 6) is -2.35. The fourth-order valence-electron chi connectivity index (χ4n) is 4.16. The third-order valence-electron chi connectivity index (χ3n) is 5.79. The third-order valence-corrected chi connectivity index (χ3v) is 5.79. The molecule has 1 aromatic heterocycles. The van der Waals surface area contributed by atoms with Gasteiger partial charge in [-0.15, -0.1) is 0 Å². The number of amides is 1. The minimum atomic E-state index is -4.70. The van der Waals surface area contributed by atoms with Gasteiger partial charge in [-0.05, 0) is 38.5 Å². The molecule has 2 fully saturated rings. The molecule has 1 amide bonds. The van der Waals surface area contributed by atoms with Gasteiger partial charge in [-0.2, -0.15) is 31.1 Å². The molecule has 1 saturated carbocycles. The van der Waals surface area contributed by atoms with Crippen LogP contribution in [0, 0.1) is 17.0 Å². The summed E-state index contributed by atoms with van der Waals surface area (Å²) in [5.41, 5.74) is -1.14. The third kappa shape index (κ3) is 5.28. The molecule has 0 N–H and O–H groups in total. The van der Waals surface area contributed by atoms with Crippen LogP contribution in [0.5, 0.6) is 5.75 Å². The van der Waals surface area contributed by atoms with Crippen LogP contribution in [0.2, 0.25) is 0 Å². The van der Waals surface area contributed by atoms with E-state index in [4.69, 9.17) is 4.74 Å². The summed E-state index contributed by atoms with van der Waals surface area (Å²) in [7, 11) is 0. The highest BCUT2D eigenvalue weighted by Crippen LogP contribution is 2.40. The summed E-state index contributed by atoms with van der Waals surface area (Å²) >= 11 is 0. The van der Waals surface area contributed by atoms with Gasteiger partial charge in [0, 0.05) is 18.5 Å². The maximum Gasteiger partial charge on any atom is 0.422 e. The predicted molar refractivity (Wildman–Crippen MR) is 92.1 cm³/mol. The molecule has 168 valence electrons. The predicted octanol–water partition coefficient (Wildman–Crippen LogP) is 4.08. The zero-order valence-electron chi connectivity index (χ0n) is 16.0.